The van der Waals surface area contributed by atoms with Crippen LogP contribution in [0.25, 0.3) is 0 Å². The summed E-state index contributed by atoms with van der Waals surface area (Å²) in [4.78, 5) is 0. The Labute approximate surface area is 60.0 Å². The zero-order valence-electron chi connectivity index (χ0n) is 2.98. The molecule has 0 atom stereocenters. The summed E-state index contributed by atoms with van der Waals surface area (Å²) in [5.41, 5.74) is 0. The molecule has 0 heterocycles. The van der Waals surface area contributed by atoms with Crippen molar-refractivity contribution >= 4 is 29.6 Å². The Balaban J connectivity index is 0. The third-order valence-electron chi connectivity index (χ3n) is 0.192. The first-order valence-corrected chi connectivity index (χ1v) is 1.29. The Kier molecular flexibility index (Phi) is 14.3. The molecule has 0 amide bonds. The van der Waals surface area contributed by atoms with Crippen LogP contribution >= 0.6 is 0 Å². The van der Waals surface area contributed by atoms with Gasteiger partial charge in [0, 0.05) is 0 Å². The SMILES string of the molecule is C=COC=C.[NaH]. The Morgan fingerprint density at radius 1 is 1.17 bits per heavy atom. The Morgan fingerprint density at radius 2 is 1.50 bits per heavy atom. The van der Waals surface area contributed by atoms with Crippen molar-refractivity contribution in [2.45, 2.75) is 0 Å². The van der Waals surface area contributed by atoms with E-state index in [4.69, 9.17) is 0 Å². The molecule has 0 radical (unpaired) electrons. The van der Waals surface area contributed by atoms with Crippen molar-refractivity contribution in [2.24, 2.45) is 0 Å². The fourth-order valence-electron chi connectivity index (χ4n) is 0.0680. The summed E-state index contributed by atoms with van der Waals surface area (Å²) in [6.07, 6.45) is 2.62. The molecule has 0 fully saturated rings. The van der Waals surface area contributed by atoms with Crippen LogP contribution in [-0.2, 0) is 4.74 Å². The van der Waals surface area contributed by atoms with Gasteiger partial charge in [0.15, 0.2) is 0 Å². The fraction of sp³-hybridized carbons (Fsp3) is 0. The maximum atomic E-state index is 4.36. The quantitative estimate of drug-likeness (QED) is 0.360. The third kappa shape index (κ3) is 8.86. The van der Waals surface area contributed by atoms with Crippen LogP contribution in [0.5, 0.6) is 0 Å². The molecule has 0 aliphatic heterocycles. The molecule has 0 spiro atoms. The van der Waals surface area contributed by atoms with Crippen molar-refractivity contribution in [1.82, 2.24) is 0 Å². The topological polar surface area (TPSA) is 9.23 Å². The summed E-state index contributed by atoms with van der Waals surface area (Å²) in [6.45, 7) is 6.51. The van der Waals surface area contributed by atoms with E-state index in [0.29, 0.717) is 0 Å². The van der Waals surface area contributed by atoms with Crippen molar-refractivity contribution in [3.8, 4) is 0 Å². The molecule has 1 nitrogen and oxygen atoms in total. The van der Waals surface area contributed by atoms with E-state index in [1.54, 1.807) is 0 Å². The molecular formula is C4H7NaO. The van der Waals surface area contributed by atoms with Crippen LogP contribution in [0.1, 0.15) is 0 Å². The van der Waals surface area contributed by atoms with Gasteiger partial charge in [-0.05, 0) is 0 Å². The second-order valence-electron chi connectivity index (χ2n) is 0.469. The van der Waals surface area contributed by atoms with Gasteiger partial charge in [-0.2, -0.15) is 0 Å². The van der Waals surface area contributed by atoms with Crippen molar-refractivity contribution in [3.05, 3.63) is 25.7 Å². The molecule has 0 N–H and O–H groups in total. The first-order chi connectivity index (χ1) is 2.41. The van der Waals surface area contributed by atoms with E-state index in [1.807, 2.05) is 0 Å². The van der Waals surface area contributed by atoms with Gasteiger partial charge < -0.3 is 4.74 Å². The van der Waals surface area contributed by atoms with Crippen LogP contribution in [0.3, 0.4) is 0 Å². The molecule has 0 rings (SSSR count). The van der Waals surface area contributed by atoms with E-state index in [2.05, 4.69) is 17.9 Å². The minimum absolute atomic E-state index is 0. The molecule has 0 unspecified atom stereocenters. The summed E-state index contributed by atoms with van der Waals surface area (Å²) in [5.74, 6) is 0. The second-order valence-corrected chi connectivity index (χ2v) is 0.469. The summed E-state index contributed by atoms with van der Waals surface area (Å²) in [7, 11) is 0. The van der Waals surface area contributed by atoms with Crippen LogP contribution < -0.4 is 0 Å². The molecule has 0 aliphatic rings. The molecule has 0 aromatic heterocycles. The van der Waals surface area contributed by atoms with E-state index in [9.17, 15) is 0 Å². The van der Waals surface area contributed by atoms with E-state index >= 15 is 0 Å². The van der Waals surface area contributed by atoms with Gasteiger partial charge in [0.25, 0.3) is 0 Å². The van der Waals surface area contributed by atoms with E-state index in [0.717, 1.165) is 0 Å². The maximum absolute atomic E-state index is 4.36. The van der Waals surface area contributed by atoms with Crippen molar-refractivity contribution in [1.29, 1.82) is 0 Å². The molecule has 0 saturated heterocycles. The number of ether oxygens (including phenoxy) is 1. The molecular weight excluding hydrogens is 87.0 g/mol. The summed E-state index contributed by atoms with van der Waals surface area (Å²) in [5, 5.41) is 0. The van der Waals surface area contributed by atoms with Crippen molar-refractivity contribution in [3.63, 3.8) is 0 Å². The summed E-state index contributed by atoms with van der Waals surface area (Å²) < 4.78 is 4.36. The zero-order chi connectivity index (χ0) is 4.12. The van der Waals surface area contributed by atoms with Crippen LogP contribution in [0.15, 0.2) is 25.7 Å². The molecule has 0 aliphatic carbocycles. The average Bonchev–Trinajstić information content (AvgIpc) is 1.41. The molecule has 0 aromatic rings. The molecule has 0 bridgehead atoms. The van der Waals surface area contributed by atoms with Gasteiger partial charge in [-0.15, -0.1) is 0 Å². The van der Waals surface area contributed by atoms with Crippen molar-refractivity contribution in [2.75, 3.05) is 0 Å². The Hall–Kier alpha value is 0.280. The summed E-state index contributed by atoms with van der Waals surface area (Å²) in [6, 6.07) is 0. The van der Waals surface area contributed by atoms with Crippen LogP contribution in [-0.4, -0.2) is 29.6 Å². The van der Waals surface area contributed by atoms with Gasteiger partial charge in [-0.1, -0.05) is 13.2 Å². The number of hydrogen-bond acceptors (Lipinski definition) is 1. The Morgan fingerprint density at radius 3 is 1.50 bits per heavy atom. The monoisotopic (exact) mass is 94.0 g/mol. The number of hydrogen-bond donors (Lipinski definition) is 0. The predicted molar refractivity (Wildman–Crippen MR) is 28.6 cm³/mol. The molecule has 0 aromatic carbocycles. The van der Waals surface area contributed by atoms with Gasteiger partial charge >= 0.3 is 29.6 Å². The predicted octanol–water partition coefficient (Wildman–Crippen LogP) is 0.641. The second kappa shape index (κ2) is 8.99. The van der Waals surface area contributed by atoms with Gasteiger partial charge in [0.2, 0.25) is 0 Å². The van der Waals surface area contributed by atoms with Crippen LogP contribution in [0.2, 0.25) is 0 Å². The standard InChI is InChI=1S/C4H6O.Na.H/c1-3-5-4-2;;/h3-4H,1-2H2;;. The molecule has 30 valence electrons. The van der Waals surface area contributed by atoms with Gasteiger partial charge in [0.1, 0.15) is 0 Å². The van der Waals surface area contributed by atoms with Gasteiger partial charge in [-0.25, -0.2) is 0 Å². The van der Waals surface area contributed by atoms with E-state index in [1.165, 1.54) is 12.5 Å². The van der Waals surface area contributed by atoms with Gasteiger partial charge in [0.05, 0.1) is 12.5 Å². The Bertz CT molecular complexity index is 36.8. The van der Waals surface area contributed by atoms with Crippen molar-refractivity contribution < 1.29 is 4.74 Å². The first-order valence-electron chi connectivity index (χ1n) is 1.29. The van der Waals surface area contributed by atoms with E-state index < -0.39 is 0 Å². The third-order valence-corrected chi connectivity index (χ3v) is 0.192. The van der Waals surface area contributed by atoms with Gasteiger partial charge in [-0.3, -0.25) is 0 Å². The molecule has 6 heavy (non-hydrogen) atoms. The minimum atomic E-state index is 0. The summed E-state index contributed by atoms with van der Waals surface area (Å²) >= 11 is 0. The zero-order valence-corrected chi connectivity index (χ0v) is 2.98. The first kappa shape index (κ1) is 9.56. The van der Waals surface area contributed by atoms with Crippen LogP contribution in [0.4, 0.5) is 0 Å². The molecule has 0 saturated carbocycles. The molecule has 2 heteroatoms. The van der Waals surface area contributed by atoms with E-state index in [-0.39, 0.29) is 29.6 Å². The normalized spacial score (nSPS) is 4.67. The fourth-order valence-corrected chi connectivity index (χ4v) is 0.0680. The average molecular weight is 94.1 g/mol. The number of rotatable bonds is 2. The van der Waals surface area contributed by atoms with Crippen LogP contribution in [0, 0.1) is 0 Å².